The van der Waals surface area contributed by atoms with E-state index in [1.54, 1.807) is 19.1 Å². The van der Waals surface area contributed by atoms with Gasteiger partial charge in [-0.2, -0.15) is 13.2 Å². The van der Waals surface area contributed by atoms with Gasteiger partial charge in [0.25, 0.3) is 5.91 Å². The average Bonchev–Trinajstić information content (AvgIpc) is 2.63. The number of nitrogens with one attached hydrogen (secondary N) is 1. The molecule has 0 atom stereocenters. The van der Waals surface area contributed by atoms with E-state index in [4.69, 9.17) is 11.6 Å². The van der Waals surface area contributed by atoms with Gasteiger partial charge in [0, 0.05) is 18.0 Å². The molecule has 0 unspecified atom stereocenters. The number of benzene rings is 1. The third kappa shape index (κ3) is 4.28. The zero-order valence-electron chi connectivity index (χ0n) is 14.3. The summed E-state index contributed by atoms with van der Waals surface area (Å²) >= 11 is 5.88. The molecule has 4 nitrogen and oxygen atoms in total. The Morgan fingerprint density at radius 3 is 2.46 bits per heavy atom. The van der Waals surface area contributed by atoms with Crippen molar-refractivity contribution in [2.45, 2.75) is 13.1 Å². The van der Waals surface area contributed by atoms with Gasteiger partial charge in [-0.05, 0) is 60.0 Å². The fourth-order valence-corrected chi connectivity index (χ4v) is 2.74. The molecule has 2 aromatic heterocycles. The van der Waals surface area contributed by atoms with Crippen LogP contribution in [0.5, 0.6) is 0 Å². The lowest BCUT2D eigenvalue weighted by Gasteiger charge is -2.13. The number of aromatic nitrogens is 2. The Morgan fingerprint density at radius 1 is 1.07 bits per heavy atom. The van der Waals surface area contributed by atoms with Crippen molar-refractivity contribution >= 4 is 23.2 Å². The summed E-state index contributed by atoms with van der Waals surface area (Å²) in [5.74, 6) is -1.62. The van der Waals surface area contributed by atoms with Gasteiger partial charge in [-0.3, -0.25) is 9.78 Å². The Balaban J connectivity index is 1.94. The number of rotatable bonds is 3. The molecule has 0 saturated carbocycles. The zero-order valence-corrected chi connectivity index (χ0v) is 15.1. The molecule has 1 amide bonds. The zero-order chi connectivity index (χ0) is 20.5. The molecule has 0 saturated heterocycles. The van der Waals surface area contributed by atoms with Gasteiger partial charge < -0.3 is 5.32 Å². The topological polar surface area (TPSA) is 54.9 Å². The van der Waals surface area contributed by atoms with Gasteiger partial charge in [0.15, 0.2) is 0 Å². The molecule has 0 aliphatic carbocycles. The third-order valence-corrected chi connectivity index (χ3v) is 4.12. The first-order valence-corrected chi connectivity index (χ1v) is 8.29. The van der Waals surface area contributed by atoms with E-state index in [2.05, 4.69) is 15.3 Å². The summed E-state index contributed by atoms with van der Waals surface area (Å²) in [7, 11) is 0. The van der Waals surface area contributed by atoms with Crippen molar-refractivity contribution in [2.24, 2.45) is 0 Å². The Bertz CT molecular complexity index is 1050. The van der Waals surface area contributed by atoms with Gasteiger partial charge in [-0.25, -0.2) is 9.37 Å². The van der Waals surface area contributed by atoms with E-state index in [9.17, 15) is 22.4 Å². The van der Waals surface area contributed by atoms with Gasteiger partial charge >= 0.3 is 6.18 Å². The maximum Gasteiger partial charge on any atom is 0.433 e. The lowest BCUT2D eigenvalue weighted by atomic mass is 10.0. The van der Waals surface area contributed by atoms with Crippen molar-refractivity contribution in [3.63, 3.8) is 0 Å². The van der Waals surface area contributed by atoms with Gasteiger partial charge in [-0.15, -0.1) is 0 Å². The SMILES string of the molecule is Cc1cc(F)c(NC(=O)c2ccnc(C(F)(F)F)c2)cc1-c1ccnc(Cl)c1. The number of aryl methyl sites for hydroxylation is 1. The maximum atomic E-state index is 14.3. The first-order valence-electron chi connectivity index (χ1n) is 7.92. The van der Waals surface area contributed by atoms with Crippen molar-refractivity contribution < 1.29 is 22.4 Å². The fraction of sp³-hybridized carbons (Fsp3) is 0.105. The molecular weight excluding hydrogens is 398 g/mol. The fourth-order valence-electron chi connectivity index (χ4n) is 2.57. The van der Waals surface area contributed by atoms with Crippen LogP contribution >= 0.6 is 11.6 Å². The monoisotopic (exact) mass is 409 g/mol. The van der Waals surface area contributed by atoms with E-state index in [1.807, 2.05) is 0 Å². The van der Waals surface area contributed by atoms with Crippen LogP contribution in [-0.2, 0) is 6.18 Å². The average molecular weight is 410 g/mol. The molecule has 0 radical (unpaired) electrons. The summed E-state index contributed by atoms with van der Waals surface area (Å²) in [6.07, 6.45) is -2.35. The summed E-state index contributed by atoms with van der Waals surface area (Å²) in [4.78, 5) is 19.4. The number of carbonyl (C=O) groups is 1. The molecule has 3 rings (SSSR count). The van der Waals surface area contributed by atoms with Crippen LogP contribution in [0.2, 0.25) is 5.15 Å². The van der Waals surface area contributed by atoms with Crippen LogP contribution in [0.3, 0.4) is 0 Å². The molecule has 144 valence electrons. The molecular formula is C19H12ClF4N3O. The van der Waals surface area contributed by atoms with Crippen molar-refractivity contribution in [2.75, 3.05) is 5.32 Å². The molecule has 0 fully saturated rings. The minimum atomic E-state index is -4.70. The van der Waals surface area contributed by atoms with Crippen LogP contribution in [-0.4, -0.2) is 15.9 Å². The molecule has 0 aliphatic rings. The predicted molar refractivity (Wildman–Crippen MR) is 96.6 cm³/mol. The van der Waals surface area contributed by atoms with Gasteiger partial charge in [-0.1, -0.05) is 11.6 Å². The minimum Gasteiger partial charge on any atom is -0.319 e. The number of hydrogen-bond acceptors (Lipinski definition) is 3. The summed E-state index contributed by atoms with van der Waals surface area (Å²) < 4.78 is 52.6. The molecule has 1 N–H and O–H groups in total. The number of nitrogens with zero attached hydrogens (tertiary/aromatic N) is 2. The van der Waals surface area contributed by atoms with Gasteiger partial charge in [0.2, 0.25) is 0 Å². The number of pyridine rings is 2. The molecule has 0 aliphatic heterocycles. The van der Waals surface area contributed by atoms with Crippen molar-refractivity contribution in [1.82, 2.24) is 9.97 Å². The molecule has 0 spiro atoms. The highest BCUT2D eigenvalue weighted by atomic mass is 35.5. The number of hydrogen-bond donors (Lipinski definition) is 1. The Labute approximate surface area is 162 Å². The lowest BCUT2D eigenvalue weighted by Crippen LogP contribution is -2.16. The number of halogens is 5. The van der Waals surface area contributed by atoms with E-state index in [-0.39, 0.29) is 16.4 Å². The van der Waals surface area contributed by atoms with Crippen LogP contribution in [0, 0.1) is 12.7 Å². The number of amides is 1. The van der Waals surface area contributed by atoms with Crippen molar-refractivity contribution in [1.29, 1.82) is 0 Å². The molecule has 3 aromatic rings. The van der Waals surface area contributed by atoms with Crippen LogP contribution < -0.4 is 5.32 Å². The van der Waals surface area contributed by atoms with Crippen LogP contribution in [0.4, 0.5) is 23.2 Å². The summed E-state index contributed by atoms with van der Waals surface area (Å²) in [5.41, 5.74) is 0.139. The largest absolute Gasteiger partial charge is 0.433 e. The predicted octanol–water partition coefficient (Wildman–Crippen LogP) is 5.52. The lowest BCUT2D eigenvalue weighted by molar-refractivity contribution is -0.141. The van der Waals surface area contributed by atoms with E-state index < -0.39 is 23.6 Å². The highest BCUT2D eigenvalue weighted by Crippen LogP contribution is 2.31. The molecule has 28 heavy (non-hydrogen) atoms. The molecule has 0 bridgehead atoms. The Hall–Kier alpha value is -3.00. The van der Waals surface area contributed by atoms with Crippen LogP contribution in [0.15, 0.2) is 48.8 Å². The van der Waals surface area contributed by atoms with Crippen LogP contribution in [0.25, 0.3) is 11.1 Å². The first kappa shape index (κ1) is 19.8. The smallest absolute Gasteiger partial charge is 0.319 e. The van der Waals surface area contributed by atoms with Gasteiger partial charge in [0.1, 0.15) is 16.7 Å². The second-order valence-corrected chi connectivity index (χ2v) is 6.28. The van der Waals surface area contributed by atoms with E-state index in [0.717, 1.165) is 12.3 Å². The normalized spacial score (nSPS) is 11.4. The second-order valence-electron chi connectivity index (χ2n) is 5.90. The van der Waals surface area contributed by atoms with Crippen molar-refractivity contribution in [3.05, 3.63) is 76.6 Å². The summed E-state index contributed by atoms with van der Waals surface area (Å²) in [6, 6.07) is 7.56. The maximum absolute atomic E-state index is 14.3. The Morgan fingerprint density at radius 2 is 1.79 bits per heavy atom. The van der Waals surface area contributed by atoms with Crippen LogP contribution in [0.1, 0.15) is 21.6 Å². The number of carbonyl (C=O) groups excluding carboxylic acids is 1. The molecule has 1 aromatic carbocycles. The van der Waals surface area contributed by atoms with E-state index >= 15 is 0 Å². The van der Waals surface area contributed by atoms with Gasteiger partial charge in [0.05, 0.1) is 5.69 Å². The highest BCUT2D eigenvalue weighted by molar-refractivity contribution is 6.29. The number of anilines is 1. The summed E-state index contributed by atoms with van der Waals surface area (Å²) in [6.45, 7) is 1.68. The standard InChI is InChI=1S/C19H12ClF4N3O/c1-10-6-14(21)15(9-13(10)11-2-5-26-17(20)8-11)27-18(28)12-3-4-25-16(7-12)19(22,23)24/h2-9H,1H3,(H,27,28). The van der Waals surface area contributed by atoms with E-state index in [1.165, 1.54) is 18.3 Å². The van der Waals surface area contributed by atoms with Crippen molar-refractivity contribution in [3.8, 4) is 11.1 Å². The first-order chi connectivity index (χ1) is 13.1. The number of alkyl halides is 3. The molecule has 9 heteroatoms. The summed E-state index contributed by atoms with van der Waals surface area (Å²) in [5, 5.41) is 2.54. The quantitative estimate of drug-likeness (QED) is 0.458. The minimum absolute atomic E-state index is 0.177. The van der Waals surface area contributed by atoms with E-state index in [0.29, 0.717) is 22.8 Å². The second kappa shape index (κ2) is 7.55. The highest BCUT2D eigenvalue weighted by Gasteiger charge is 2.33. The molecule has 2 heterocycles. The third-order valence-electron chi connectivity index (χ3n) is 3.91. The Kier molecular flexibility index (Phi) is 5.33.